The maximum atomic E-state index is 13.0. The summed E-state index contributed by atoms with van der Waals surface area (Å²) in [6.45, 7) is 6.60. The zero-order valence-corrected chi connectivity index (χ0v) is 18.8. The smallest absolute Gasteiger partial charge is 0.263 e. The predicted octanol–water partition coefficient (Wildman–Crippen LogP) is 2.55. The van der Waals surface area contributed by atoms with Gasteiger partial charge in [0, 0.05) is 19.1 Å². The fraction of sp³-hybridized carbons (Fsp3) is 0.526. The molecule has 0 bridgehead atoms. The largest absolute Gasteiger partial charge is 0.338 e. The summed E-state index contributed by atoms with van der Waals surface area (Å²) in [5.41, 5.74) is -0.143. The Balaban J connectivity index is 1.79. The molecule has 0 aromatic carbocycles. The normalized spacial score (nSPS) is 18.2. The number of amides is 1. The Kier molecular flexibility index (Phi) is 7.18. The topological polar surface area (TPSA) is 89.3 Å². The summed E-state index contributed by atoms with van der Waals surface area (Å²) < 4.78 is 25.3. The number of hydrogen-bond donors (Lipinski definition) is 0. The molecule has 0 radical (unpaired) electrons. The lowest BCUT2D eigenvalue weighted by Gasteiger charge is -2.28. The number of carbonyl (C=O) groups is 1. The van der Waals surface area contributed by atoms with Crippen molar-refractivity contribution >= 4 is 49.1 Å². The number of allylic oxidation sites excluding steroid dienone is 1. The van der Waals surface area contributed by atoms with E-state index in [9.17, 15) is 18.0 Å². The van der Waals surface area contributed by atoms with Crippen molar-refractivity contribution in [3.8, 4) is 0 Å². The maximum absolute atomic E-state index is 13.0. The minimum atomic E-state index is -3.07. The number of unbranched alkanes of at least 4 members (excludes halogenated alkanes) is 1. The molecule has 1 fully saturated rings. The average molecular weight is 456 g/mol. The highest BCUT2D eigenvalue weighted by Gasteiger charge is 2.34. The molecule has 1 aliphatic rings. The Morgan fingerprint density at radius 3 is 2.97 bits per heavy atom. The van der Waals surface area contributed by atoms with E-state index in [2.05, 4.69) is 11.6 Å². The van der Waals surface area contributed by atoms with Crippen molar-refractivity contribution in [1.82, 2.24) is 14.5 Å². The van der Waals surface area contributed by atoms with Crippen molar-refractivity contribution in [1.29, 1.82) is 0 Å². The number of rotatable bonds is 9. The molecular formula is C19H25N3O4S3. The first kappa shape index (κ1) is 22.0. The van der Waals surface area contributed by atoms with Crippen LogP contribution in [0.15, 0.2) is 34.1 Å². The van der Waals surface area contributed by atoms with Gasteiger partial charge in [-0.1, -0.05) is 31.2 Å². The molecule has 3 rings (SSSR count). The van der Waals surface area contributed by atoms with Crippen LogP contribution >= 0.6 is 23.1 Å². The van der Waals surface area contributed by atoms with Gasteiger partial charge >= 0.3 is 0 Å². The predicted molar refractivity (Wildman–Crippen MR) is 118 cm³/mol. The van der Waals surface area contributed by atoms with E-state index in [0.717, 1.165) is 12.8 Å². The highest BCUT2D eigenvalue weighted by Crippen LogP contribution is 2.24. The third kappa shape index (κ3) is 5.10. The first-order valence-electron chi connectivity index (χ1n) is 9.58. The number of thioether (sulfide) groups is 1. The van der Waals surface area contributed by atoms with E-state index in [-0.39, 0.29) is 34.8 Å². The van der Waals surface area contributed by atoms with Gasteiger partial charge in [-0.25, -0.2) is 13.4 Å². The molecule has 0 saturated carbocycles. The molecule has 7 nitrogen and oxygen atoms in total. The van der Waals surface area contributed by atoms with Gasteiger partial charge in [0.15, 0.2) is 15.0 Å². The van der Waals surface area contributed by atoms with Crippen LogP contribution in [0.4, 0.5) is 0 Å². The van der Waals surface area contributed by atoms with Crippen LogP contribution in [-0.2, 0) is 21.2 Å². The summed E-state index contributed by atoms with van der Waals surface area (Å²) in [5.74, 6) is 0.168. The zero-order chi connectivity index (χ0) is 21.0. The second-order valence-corrected chi connectivity index (χ2v) is 11.1. The number of hydrogen-bond acceptors (Lipinski definition) is 7. The van der Waals surface area contributed by atoms with Crippen molar-refractivity contribution in [3.05, 3.63) is 34.5 Å². The van der Waals surface area contributed by atoms with E-state index in [1.165, 1.54) is 27.7 Å². The molecule has 3 heterocycles. The van der Waals surface area contributed by atoms with Gasteiger partial charge in [0.25, 0.3) is 5.56 Å². The third-order valence-corrected chi connectivity index (χ3v) is 8.43. The highest BCUT2D eigenvalue weighted by molar-refractivity contribution is 7.99. The van der Waals surface area contributed by atoms with E-state index < -0.39 is 9.84 Å². The number of nitrogens with zero attached hydrogens (tertiary/aromatic N) is 3. The Morgan fingerprint density at radius 2 is 2.31 bits per heavy atom. The van der Waals surface area contributed by atoms with E-state index in [1.807, 2.05) is 12.3 Å². The maximum Gasteiger partial charge on any atom is 0.263 e. The standard InChI is InChI=1S/C19H25N3O4S3/c1-3-5-9-21(14-7-11-29(25,26)13-14)16(23)12-28-19-20-17-15(6-10-27-17)18(24)22(19)8-4-2/h4,6,10,14H,2-3,5,7-9,11-13H2,1H3. The molecule has 158 valence electrons. The molecule has 1 amide bonds. The van der Waals surface area contributed by atoms with Gasteiger partial charge in [-0.3, -0.25) is 14.2 Å². The van der Waals surface area contributed by atoms with Crippen LogP contribution in [0.5, 0.6) is 0 Å². The van der Waals surface area contributed by atoms with Gasteiger partial charge < -0.3 is 4.90 Å². The number of aromatic nitrogens is 2. The molecule has 1 unspecified atom stereocenters. The summed E-state index contributed by atoms with van der Waals surface area (Å²) in [6, 6.07) is 1.49. The summed E-state index contributed by atoms with van der Waals surface area (Å²) in [4.78, 5) is 32.6. The molecule has 2 aromatic rings. The molecule has 0 spiro atoms. The number of sulfone groups is 1. The molecule has 1 atom stereocenters. The van der Waals surface area contributed by atoms with Crippen LogP contribution in [0.3, 0.4) is 0 Å². The summed E-state index contributed by atoms with van der Waals surface area (Å²) in [6.07, 6.45) is 3.87. The van der Waals surface area contributed by atoms with Crippen LogP contribution in [0.25, 0.3) is 10.2 Å². The lowest BCUT2D eigenvalue weighted by molar-refractivity contribution is -0.130. The van der Waals surface area contributed by atoms with Gasteiger partial charge in [-0.2, -0.15) is 0 Å². The van der Waals surface area contributed by atoms with Gasteiger partial charge in [0.05, 0.1) is 22.6 Å². The zero-order valence-electron chi connectivity index (χ0n) is 16.4. The highest BCUT2D eigenvalue weighted by atomic mass is 32.2. The van der Waals surface area contributed by atoms with Crippen LogP contribution in [0, 0.1) is 0 Å². The molecular weight excluding hydrogens is 430 g/mol. The number of thiophene rings is 1. The fourth-order valence-electron chi connectivity index (χ4n) is 3.40. The Morgan fingerprint density at radius 1 is 1.52 bits per heavy atom. The van der Waals surface area contributed by atoms with Gasteiger partial charge in [-0.05, 0) is 24.3 Å². The van der Waals surface area contributed by atoms with Crippen molar-refractivity contribution in [2.75, 3.05) is 23.8 Å². The molecule has 2 aromatic heterocycles. The van der Waals surface area contributed by atoms with Gasteiger partial charge in [-0.15, -0.1) is 17.9 Å². The Bertz CT molecular complexity index is 1060. The molecule has 0 N–H and O–H groups in total. The van der Waals surface area contributed by atoms with Crippen molar-refractivity contribution in [3.63, 3.8) is 0 Å². The van der Waals surface area contributed by atoms with Crippen LogP contribution in [-0.4, -0.2) is 58.6 Å². The van der Waals surface area contributed by atoms with Crippen molar-refractivity contribution in [2.24, 2.45) is 0 Å². The lowest BCUT2D eigenvalue weighted by Crippen LogP contribution is -2.42. The molecule has 0 aliphatic carbocycles. The molecule has 1 aliphatic heterocycles. The van der Waals surface area contributed by atoms with Crippen molar-refractivity contribution in [2.45, 2.75) is 43.9 Å². The molecule has 29 heavy (non-hydrogen) atoms. The van der Waals surface area contributed by atoms with Crippen LogP contribution in [0.1, 0.15) is 26.2 Å². The van der Waals surface area contributed by atoms with E-state index in [0.29, 0.717) is 34.9 Å². The van der Waals surface area contributed by atoms with Gasteiger partial charge in [0.1, 0.15) is 4.83 Å². The second-order valence-electron chi connectivity index (χ2n) is 7.02. The van der Waals surface area contributed by atoms with Crippen molar-refractivity contribution < 1.29 is 13.2 Å². The number of fused-ring (bicyclic) bond motifs is 1. The summed E-state index contributed by atoms with van der Waals surface area (Å²) in [7, 11) is -3.07. The third-order valence-electron chi connectivity index (χ3n) is 4.91. The van der Waals surface area contributed by atoms with Crippen LogP contribution in [0.2, 0.25) is 0 Å². The monoisotopic (exact) mass is 455 g/mol. The fourth-order valence-corrected chi connectivity index (χ4v) is 6.83. The lowest BCUT2D eigenvalue weighted by atomic mass is 10.2. The first-order chi connectivity index (χ1) is 13.9. The van der Waals surface area contributed by atoms with Crippen LogP contribution < -0.4 is 5.56 Å². The van der Waals surface area contributed by atoms with E-state index >= 15 is 0 Å². The SMILES string of the molecule is C=CCn1c(SCC(=O)N(CCCC)C2CCS(=O)(=O)C2)nc2sccc2c1=O. The quantitative estimate of drug-likeness (QED) is 0.328. The minimum Gasteiger partial charge on any atom is -0.338 e. The Labute approximate surface area is 178 Å². The van der Waals surface area contributed by atoms with E-state index in [1.54, 1.807) is 17.0 Å². The molecule has 1 saturated heterocycles. The van der Waals surface area contributed by atoms with E-state index in [4.69, 9.17) is 0 Å². The summed E-state index contributed by atoms with van der Waals surface area (Å²) in [5, 5.41) is 2.87. The summed E-state index contributed by atoms with van der Waals surface area (Å²) >= 11 is 2.61. The average Bonchev–Trinajstić information content (AvgIpc) is 3.29. The minimum absolute atomic E-state index is 0.0354. The van der Waals surface area contributed by atoms with Gasteiger partial charge in [0.2, 0.25) is 5.91 Å². The first-order valence-corrected chi connectivity index (χ1v) is 13.3. The number of carbonyl (C=O) groups excluding carboxylic acids is 1. The second kappa shape index (κ2) is 9.44. The Hall–Kier alpha value is -1.65. The molecule has 10 heteroatoms.